The van der Waals surface area contributed by atoms with E-state index in [1.54, 1.807) is 4.90 Å². The van der Waals surface area contributed by atoms with Gasteiger partial charge in [-0.3, -0.25) is 9.59 Å². The van der Waals surface area contributed by atoms with E-state index in [-0.39, 0.29) is 11.8 Å². The smallest absolute Gasteiger partial charge is 0.230 e. The van der Waals surface area contributed by atoms with Gasteiger partial charge < -0.3 is 9.80 Å². The van der Waals surface area contributed by atoms with Crippen molar-refractivity contribution in [3.63, 3.8) is 0 Å². The number of hydrogen-bond donors (Lipinski definition) is 0. The number of carbonyl (C=O) groups is 2. The van der Waals surface area contributed by atoms with Gasteiger partial charge in [-0.05, 0) is 36.0 Å². The summed E-state index contributed by atoms with van der Waals surface area (Å²) >= 11 is 0. The molecule has 2 amide bonds. The van der Waals surface area contributed by atoms with E-state index in [2.05, 4.69) is 24.3 Å². The quantitative estimate of drug-likeness (QED) is 0.762. The van der Waals surface area contributed by atoms with Crippen LogP contribution in [-0.2, 0) is 16.0 Å². The zero-order chi connectivity index (χ0) is 20.1. The molecule has 0 spiro atoms. The maximum atomic E-state index is 13.2. The van der Waals surface area contributed by atoms with Gasteiger partial charge in [0.1, 0.15) is 0 Å². The Kier molecular flexibility index (Phi) is 6.18. The normalized spacial score (nSPS) is 18.9. The Bertz CT molecular complexity index is 832. The Balaban J connectivity index is 1.95. The first kappa shape index (κ1) is 20.1. The van der Waals surface area contributed by atoms with Crippen LogP contribution >= 0.6 is 0 Å². The highest BCUT2D eigenvalue weighted by atomic mass is 16.2. The van der Waals surface area contributed by atoms with E-state index >= 15 is 0 Å². The van der Waals surface area contributed by atoms with Crippen molar-refractivity contribution in [1.82, 2.24) is 9.80 Å². The van der Waals surface area contributed by atoms with Gasteiger partial charge in [-0.25, -0.2) is 0 Å². The predicted octanol–water partition coefficient (Wildman–Crippen LogP) is 4.00. The predicted molar refractivity (Wildman–Crippen MR) is 113 cm³/mol. The van der Waals surface area contributed by atoms with Crippen molar-refractivity contribution in [3.8, 4) is 11.1 Å². The number of carbonyl (C=O) groups excluding carboxylic acids is 2. The number of likely N-dealkylation sites (tertiary alicyclic amines) is 1. The molecule has 4 heteroatoms. The van der Waals surface area contributed by atoms with Crippen LogP contribution in [0.5, 0.6) is 0 Å². The SMILES string of the molecule is CCCC(=O)N1CCC(Cc2ccccc2-c2ccccc2)(C(=O)N(C)C)C1. The first-order chi connectivity index (χ1) is 13.5. The zero-order valence-electron chi connectivity index (χ0n) is 17.1. The van der Waals surface area contributed by atoms with Gasteiger partial charge in [0.05, 0.1) is 5.41 Å². The van der Waals surface area contributed by atoms with E-state index in [0.717, 1.165) is 23.1 Å². The van der Waals surface area contributed by atoms with E-state index in [0.29, 0.717) is 32.4 Å². The summed E-state index contributed by atoms with van der Waals surface area (Å²) in [5.41, 5.74) is 2.92. The summed E-state index contributed by atoms with van der Waals surface area (Å²) in [6, 6.07) is 18.6. The Hall–Kier alpha value is -2.62. The Morgan fingerprint density at radius 3 is 2.39 bits per heavy atom. The van der Waals surface area contributed by atoms with Crippen molar-refractivity contribution in [2.75, 3.05) is 27.2 Å². The molecule has 1 heterocycles. The molecule has 0 bridgehead atoms. The molecular weight excluding hydrogens is 348 g/mol. The lowest BCUT2D eigenvalue weighted by atomic mass is 9.77. The Morgan fingerprint density at radius 2 is 1.71 bits per heavy atom. The molecule has 4 nitrogen and oxygen atoms in total. The van der Waals surface area contributed by atoms with Gasteiger partial charge in [0, 0.05) is 33.6 Å². The molecule has 0 saturated carbocycles. The van der Waals surface area contributed by atoms with Crippen molar-refractivity contribution in [1.29, 1.82) is 0 Å². The molecule has 1 atom stereocenters. The van der Waals surface area contributed by atoms with Crippen LogP contribution < -0.4 is 0 Å². The minimum absolute atomic E-state index is 0.113. The van der Waals surface area contributed by atoms with Gasteiger partial charge in [-0.1, -0.05) is 61.5 Å². The molecule has 1 fully saturated rings. The van der Waals surface area contributed by atoms with Gasteiger partial charge in [0.25, 0.3) is 0 Å². The van der Waals surface area contributed by atoms with Gasteiger partial charge in [-0.2, -0.15) is 0 Å². The zero-order valence-corrected chi connectivity index (χ0v) is 17.1. The fourth-order valence-electron chi connectivity index (χ4n) is 4.26. The first-order valence-electron chi connectivity index (χ1n) is 10.1. The molecule has 1 aliphatic rings. The van der Waals surface area contributed by atoms with Gasteiger partial charge in [-0.15, -0.1) is 0 Å². The number of rotatable bonds is 6. The summed E-state index contributed by atoms with van der Waals surface area (Å²) in [4.78, 5) is 29.3. The van der Waals surface area contributed by atoms with Crippen molar-refractivity contribution < 1.29 is 9.59 Å². The lowest BCUT2D eigenvalue weighted by molar-refractivity contribution is -0.139. The van der Waals surface area contributed by atoms with Crippen LogP contribution in [0.1, 0.15) is 31.7 Å². The second-order valence-electron chi connectivity index (χ2n) is 8.00. The van der Waals surface area contributed by atoms with E-state index in [4.69, 9.17) is 0 Å². The summed E-state index contributed by atoms with van der Waals surface area (Å²) in [6.45, 7) is 3.18. The molecule has 1 aliphatic heterocycles. The van der Waals surface area contributed by atoms with Crippen LogP contribution in [-0.4, -0.2) is 48.8 Å². The molecule has 1 unspecified atom stereocenters. The molecule has 0 radical (unpaired) electrons. The van der Waals surface area contributed by atoms with Gasteiger partial charge >= 0.3 is 0 Å². The monoisotopic (exact) mass is 378 g/mol. The van der Waals surface area contributed by atoms with Crippen LogP contribution in [0.4, 0.5) is 0 Å². The molecule has 28 heavy (non-hydrogen) atoms. The van der Waals surface area contributed by atoms with E-state index < -0.39 is 5.41 Å². The lowest BCUT2D eigenvalue weighted by Gasteiger charge is -2.32. The molecule has 0 N–H and O–H groups in total. The molecule has 0 aromatic heterocycles. The summed E-state index contributed by atoms with van der Waals surface area (Å²) in [6.07, 6.45) is 2.74. The van der Waals surface area contributed by atoms with Gasteiger partial charge in [0.15, 0.2) is 0 Å². The van der Waals surface area contributed by atoms with Crippen molar-refractivity contribution in [2.45, 2.75) is 32.6 Å². The fourth-order valence-corrected chi connectivity index (χ4v) is 4.26. The number of benzene rings is 2. The molecule has 2 aromatic carbocycles. The first-order valence-corrected chi connectivity index (χ1v) is 10.1. The minimum Gasteiger partial charge on any atom is -0.348 e. The fraction of sp³-hybridized carbons (Fsp3) is 0.417. The van der Waals surface area contributed by atoms with Crippen LogP contribution in [0.15, 0.2) is 54.6 Å². The van der Waals surface area contributed by atoms with Crippen molar-refractivity contribution in [3.05, 3.63) is 60.2 Å². The Morgan fingerprint density at radius 1 is 1.04 bits per heavy atom. The second kappa shape index (κ2) is 8.59. The average Bonchev–Trinajstić information content (AvgIpc) is 3.14. The summed E-state index contributed by atoms with van der Waals surface area (Å²) in [5.74, 6) is 0.273. The molecular formula is C24H30N2O2. The minimum atomic E-state index is -0.558. The standard InChI is InChI=1S/C24H30N2O2/c1-4-10-22(27)26-16-15-24(18-26,23(28)25(2)3)17-20-13-8-9-14-21(20)19-11-6-5-7-12-19/h5-9,11-14H,4,10,15-18H2,1-3H3. The molecule has 0 aliphatic carbocycles. The summed E-state index contributed by atoms with van der Waals surface area (Å²) < 4.78 is 0. The van der Waals surface area contributed by atoms with Gasteiger partial charge in [0.2, 0.25) is 11.8 Å². The summed E-state index contributed by atoms with van der Waals surface area (Å²) in [7, 11) is 3.62. The largest absolute Gasteiger partial charge is 0.348 e. The number of nitrogens with zero attached hydrogens (tertiary/aromatic N) is 2. The number of hydrogen-bond acceptors (Lipinski definition) is 2. The van der Waals surface area contributed by atoms with Crippen LogP contribution in [0.2, 0.25) is 0 Å². The third-order valence-electron chi connectivity index (χ3n) is 5.66. The summed E-state index contributed by atoms with van der Waals surface area (Å²) in [5, 5.41) is 0. The third kappa shape index (κ3) is 4.11. The third-order valence-corrected chi connectivity index (χ3v) is 5.66. The highest BCUT2D eigenvalue weighted by molar-refractivity contribution is 5.86. The maximum Gasteiger partial charge on any atom is 0.230 e. The highest BCUT2D eigenvalue weighted by Crippen LogP contribution is 2.38. The van der Waals surface area contributed by atoms with Crippen molar-refractivity contribution >= 4 is 11.8 Å². The molecule has 1 saturated heterocycles. The molecule has 148 valence electrons. The van der Waals surface area contributed by atoms with E-state index in [9.17, 15) is 9.59 Å². The average molecular weight is 379 g/mol. The number of amides is 2. The lowest BCUT2D eigenvalue weighted by Crippen LogP contribution is -2.44. The Labute approximate surface area is 168 Å². The molecule has 3 rings (SSSR count). The van der Waals surface area contributed by atoms with E-state index in [1.807, 2.05) is 56.3 Å². The van der Waals surface area contributed by atoms with Crippen LogP contribution in [0.25, 0.3) is 11.1 Å². The molecule has 2 aromatic rings. The van der Waals surface area contributed by atoms with E-state index in [1.165, 1.54) is 0 Å². The van der Waals surface area contributed by atoms with Crippen molar-refractivity contribution in [2.24, 2.45) is 5.41 Å². The maximum absolute atomic E-state index is 13.2. The topological polar surface area (TPSA) is 40.6 Å². The second-order valence-corrected chi connectivity index (χ2v) is 8.00. The highest BCUT2D eigenvalue weighted by Gasteiger charge is 2.46. The van der Waals surface area contributed by atoms with Crippen LogP contribution in [0.3, 0.4) is 0 Å². The van der Waals surface area contributed by atoms with Crippen LogP contribution in [0, 0.1) is 5.41 Å².